The summed E-state index contributed by atoms with van der Waals surface area (Å²) in [5.74, 6) is 1.03. The maximum Gasteiger partial charge on any atom is 0.188 e. The molecule has 1 aliphatic heterocycles. The summed E-state index contributed by atoms with van der Waals surface area (Å²) in [4.78, 5) is 12.6. The fourth-order valence-electron chi connectivity index (χ4n) is 2.41. The molecule has 0 aliphatic carbocycles. The van der Waals surface area contributed by atoms with Crippen molar-refractivity contribution >= 4 is 5.78 Å². The molecule has 4 heteroatoms. The first-order chi connectivity index (χ1) is 10.3. The molecule has 1 aliphatic rings. The molecule has 0 amide bonds. The summed E-state index contributed by atoms with van der Waals surface area (Å²) in [5, 5.41) is 0. The number of benzene rings is 2. The Morgan fingerprint density at radius 3 is 2.76 bits per heavy atom. The number of ether oxygens (including phenoxy) is 3. The van der Waals surface area contributed by atoms with Crippen molar-refractivity contribution in [3.63, 3.8) is 0 Å². The maximum atomic E-state index is 12.6. The van der Waals surface area contributed by atoms with Crippen LogP contribution >= 0.6 is 0 Å². The highest BCUT2D eigenvalue weighted by Crippen LogP contribution is 2.34. The van der Waals surface area contributed by atoms with Gasteiger partial charge in [-0.05, 0) is 17.7 Å². The number of carbonyl (C=O) groups excluding carboxylic acids is 1. The minimum atomic E-state index is -0.246. The number of carbonyl (C=O) groups is 1. The first-order valence-corrected chi connectivity index (χ1v) is 6.77. The molecule has 0 spiro atoms. The lowest BCUT2D eigenvalue weighted by Crippen LogP contribution is -2.26. The average molecular weight is 284 g/mol. The Labute approximate surface area is 123 Å². The van der Waals surface area contributed by atoms with Gasteiger partial charge in [-0.2, -0.15) is 0 Å². The average Bonchev–Trinajstić information content (AvgIpc) is 2.54. The summed E-state index contributed by atoms with van der Waals surface area (Å²) in [5.41, 5.74) is 1.58. The van der Waals surface area contributed by atoms with Gasteiger partial charge >= 0.3 is 0 Å². The molecule has 4 nitrogen and oxygen atoms in total. The quantitative estimate of drug-likeness (QED) is 0.810. The van der Waals surface area contributed by atoms with Crippen LogP contribution in [0.2, 0.25) is 0 Å². The topological polar surface area (TPSA) is 44.8 Å². The van der Waals surface area contributed by atoms with E-state index in [2.05, 4.69) is 0 Å². The molecular weight excluding hydrogens is 268 g/mol. The Morgan fingerprint density at radius 1 is 1.19 bits per heavy atom. The van der Waals surface area contributed by atoms with Gasteiger partial charge in [0.1, 0.15) is 18.1 Å². The van der Waals surface area contributed by atoms with Crippen LogP contribution in [0.5, 0.6) is 11.5 Å². The lowest BCUT2D eigenvalue weighted by molar-refractivity contribution is 0.0508. The highest BCUT2D eigenvalue weighted by molar-refractivity contribution is 6.04. The van der Waals surface area contributed by atoms with Crippen molar-refractivity contribution in [3.8, 4) is 11.5 Å². The molecule has 2 aromatic rings. The number of rotatable bonds is 4. The standard InChI is InChI=1S/C17H16O4/c1-19-11-21-13-7-8-14-16(9-13)20-10-15(17(14)18)12-5-3-2-4-6-12/h2-9,15H,10-11H2,1H3/t15-/m0/s1. The van der Waals surface area contributed by atoms with E-state index >= 15 is 0 Å². The highest BCUT2D eigenvalue weighted by Gasteiger charge is 2.30. The van der Waals surface area contributed by atoms with Crippen molar-refractivity contribution in [2.24, 2.45) is 0 Å². The normalized spacial score (nSPS) is 17.0. The predicted octanol–water partition coefficient (Wildman–Crippen LogP) is 3.03. The third-order valence-electron chi connectivity index (χ3n) is 3.49. The summed E-state index contributed by atoms with van der Waals surface area (Å²) < 4.78 is 16.0. The predicted molar refractivity (Wildman–Crippen MR) is 78.0 cm³/mol. The molecule has 1 heterocycles. The Morgan fingerprint density at radius 2 is 2.00 bits per heavy atom. The van der Waals surface area contributed by atoms with Gasteiger partial charge in [0, 0.05) is 13.2 Å². The third-order valence-corrected chi connectivity index (χ3v) is 3.49. The number of hydrogen-bond acceptors (Lipinski definition) is 4. The van der Waals surface area contributed by atoms with E-state index in [9.17, 15) is 4.79 Å². The Kier molecular flexibility index (Phi) is 3.88. The van der Waals surface area contributed by atoms with Crippen LogP contribution in [-0.2, 0) is 4.74 Å². The van der Waals surface area contributed by atoms with E-state index in [4.69, 9.17) is 14.2 Å². The first-order valence-electron chi connectivity index (χ1n) is 6.77. The molecule has 0 bridgehead atoms. The fraction of sp³-hybridized carbons (Fsp3) is 0.235. The number of methoxy groups -OCH3 is 1. The summed E-state index contributed by atoms with van der Waals surface area (Å²) in [6, 6.07) is 14.9. The zero-order chi connectivity index (χ0) is 14.7. The molecule has 1 atom stereocenters. The highest BCUT2D eigenvalue weighted by atomic mass is 16.7. The van der Waals surface area contributed by atoms with Gasteiger partial charge in [0.05, 0.1) is 11.5 Å². The molecule has 21 heavy (non-hydrogen) atoms. The van der Waals surface area contributed by atoms with Crippen molar-refractivity contribution < 1.29 is 19.0 Å². The second-order valence-electron chi connectivity index (χ2n) is 4.85. The first kappa shape index (κ1) is 13.6. The van der Waals surface area contributed by atoms with Gasteiger partial charge in [0.25, 0.3) is 0 Å². The largest absolute Gasteiger partial charge is 0.492 e. The van der Waals surface area contributed by atoms with Gasteiger partial charge in [-0.15, -0.1) is 0 Å². The molecule has 108 valence electrons. The van der Waals surface area contributed by atoms with Crippen molar-refractivity contribution in [2.75, 3.05) is 20.5 Å². The molecule has 0 fully saturated rings. The van der Waals surface area contributed by atoms with Gasteiger partial charge in [-0.25, -0.2) is 0 Å². The van der Waals surface area contributed by atoms with Crippen LogP contribution in [0.15, 0.2) is 48.5 Å². The van der Waals surface area contributed by atoms with Gasteiger partial charge < -0.3 is 14.2 Å². The Hall–Kier alpha value is -2.33. The van der Waals surface area contributed by atoms with Gasteiger partial charge in [0.2, 0.25) is 0 Å². The Balaban J connectivity index is 1.85. The van der Waals surface area contributed by atoms with Crippen molar-refractivity contribution in [2.45, 2.75) is 5.92 Å². The number of fused-ring (bicyclic) bond motifs is 1. The summed E-state index contributed by atoms with van der Waals surface area (Å²) in [6.07, 6.45) is 0. The van der Waals surface area contributed by atoms with E-state index in [-0.39, 0.29) is 18.5 Å². The van der Waals surface area contributed by atoms with Crippen LogP contribution in [0.1, 0.15) is 21.8 Å². The number of ketones is 1. The van der Waals surface area contributed by atoms with Gasteiger partial charge in [-0.3, -0.25) is 4.79 Å². The van der Waals surface area contributed by atoms with Gasteiger partial charge in [-0.1, -0.05) is 30.3 Å². The summed E-state index contributed by atoms with van der Waals surface area (Å²) >= 11 is 0. The lowest BCUT2D eigenvalue weighted by atomic mass is 9.89. The van der Waals surface area contributed by atoms with Crippen LogP contribution in [0.3, 0.4) is 0 Å². The molecule has 0 saturated carbocycles. The second kappa shape index (κ2) is 5.97. The van der Waals surface area contributed by atoms with Crippen molar-refractivity contribution in [1.29, 1.82) is 0 Å². The third kappa shape index (κ3) is 2.76. The molecular formula is C17H16O4. The van der Waals surface area contributed by atoms with Crippen LogP contribution in [0.4, 0.5) is 0 Å². The van der Waals surface area contributed by atoms with Gasteiger partial charge in [0.15, 0.2) is 12.6 Å². The van der Waals surface area contributed by atoms with Crippen molar-refractivity contribution in [3.05, 3.63) is 59.7 Å². The smallest absolute Gasteiger partial charge is 0.188 e. The van der Waals surface area contributed by atoms with E-state index in [1.807, 2.05) is 30.3 Å². The van der Waals surface area contributed by atoms with E-state index in [1.54, 1.807) is 25.3 Å². The Bertz CT molecular complexity index is 636. The number of hydrogen-bond donors (Lipinski definition) is 0. The van der Waals surface area contributed by atoms with Crippen LogP contribution < -0.4 is 9.47 Å². The lowest BCUT2D eigenvalue weighted by Gasteiger charge is -2.24. The fourth-order valence-corrected chi connectivity index (χ4v) is 2.41. The van der Waals surface area contributed by atoms with E-state index in [1.165, 1.54) is 0 Å². The minimum absolute atomic E-state index is 0.0840. The van der Waals surface area contributed by atoms with Crippen LogP contribution in [0.25, 0.3) is 0 Å². The maximum absolute atomic E-state index is 12.6. The minimum Gasteiger partial charge on any atom is -0.492 e. The van der Waals surface area contributed by atoms with Crippen LogP contribution in [-0.4, -0.2) is 26.3 Å². The molecule has 0 aromatic heterocycles. The molecule has 0 unspecified atom stereocenters. The summed E-state index contributed by atoms with van der Waals surface area (Å²) in [6.45, 7) is 0.517. The SMILES string of the molecule is COCOc1ccc2c(c1)OC[C@@H](c1ccccc1)C2=O. The number of Topliss-reactive ketones (excluding diaryl/α,β-unsaturated/α-hetero) is 1. The van der Waals surface area contributed by atoms with E-state index in [0.29, 0.717) is 23.7 Å². The molecule has 0 radical (unpaired) electrons. The van der Waals surface area contributed by atoms with Crippen LogP contribution in [0, 0.1) is 0 Å². The second-order valence-corrected chi connectivity index (χ2v) is 4.85. The monoisotopic (exact) mass is 284 g/mol. The van der Waals surface area contributed by atoms with Crippen molar-refractivity contribution in [1.82, 2.24) is 0 Å². The van der Waals surface area contributed by atoms with E-state index < -0.39 is 0 Å². The molecule has 0 saturated heterocycles. The molecule has 2 aromatic carbocycles. The molecule has 0 N–H and O–H groups in total. The zero-order valence-corrected chi connectivity index (χ0v) is 11.7. The molecule has 3 rings (SSSR count). The summed E-state index contributed by atoms with van der Waals surface area (Å²) in [7, 11) is 1.56. The zero-order valence-electron chi connectivity index (χ0n) is 11.7. The van der Waals surface area contributed by atoms with E-state index in [0.717, 1.165) is 5.56 Å².